The second-order valence-corrected chi connectivity index (χ2v) is 5.01. The highest BCUT2D eigenvalue weighted by atomic mass is 35.5. The molecular weight excluding hydrogens is 312 g/mol. The van der Waals surface area contributed by atoms with Crippen LogP contribution >= 0.6 is 11.6 Å². The molecule has 0 aliphatic heterocycles. The Hall–Kier alpha value is -2.24. The Morgan fingerprint density at radius 1 is 1.14 bits per heavy atom. The third-order valence-electron chi connectivity index (χ3n) is 3.23. The van der Waals surface area contributed by atoms with Gasteiger partial charge in [-0.3, -0.25) is 0 Å². The van der Waals surface area contributed by atoms with Gasteiger partial charge in [0, 0.05) is 5.56 Å². The Morgan fingerprint density at radius 2 is 1.91 bits per heavy atom. The van der Waals surface area contributed by atoms with E-state index in [4.69, 9.17) is 16.1 Å². The van der Waals surface area contributed by atoms with Crippen molar-refractivity contribution in [2.24, 2.45) is 0 Å². The fourth-order valence-corrected chi connectivity index (χ4v) is 2.49. The second kappa shape index (κ2) is 5.87. The third-order valence-corrected chi connectivity index (χ3v) is 3.55. The summed E-state index contributed by atoms with van der Waals surface area (Å²) in [4.78, 5) is 0. The molecule has 0 spiro atoms. The van der Waals surface area contributed by atoms with Gasteiger partial charge in [0.1, 0.15) is 17.3 Å². The van der Waals surface area contributed by atoms with E-state index in [-0.39, 0.29) is 27.6 Å². The predicted octanol–water partition coefficient (Wildman–Crippen LogP) is 4.43. The predicted molar refractivity (Wildman–Crippen MR) is 78.2 cm³/mol. The van der Waals surface area contributed by atoms with Gasteiger partial charge in [0.2, 0.25) is 0 Å². The van der Waals surface area contributed by atoms with Crippen LogP contribution in [0.3, 0.4) is 0 Å². The first-order chi connectivity index (χ1) is 10.6. The minimum absolute atomic E-state index is 0.0413. The number of hydrogen-bond donors (Lipinski definition) is 1. The largest absolute Gasteiger partial charge is 0.391 e. The first-order valence-electron chi connectivity index (χ1n) is 6.41. The molecule has 0 bridgehead atoms. The fraction of sp³-hybridized carbons (Fsp3) is 0.0625. The summed E-state index contributed by atoms with van der Waals surface area (Å²) in [6.45, 7) is -0.449. The number of hydrogen-bond acceptors (Lipinski definition) is 3. The lowest BCUT2D eigenvalue weighted by Crippen LogP contribution is -1.92. The smallest absolute Gasteiger partial charge is 0.173 e. The molecule has 0 saturated carbocycles. The molecule has 0 unspecified atom stereocenters. The number of aliphatic hydroxyl groups excluding tert-OH is 1. The van der Waals surface area contributed by atoms with Crippen molar-refractivity contribution in [2.45, 2.75) is 6.61 Å². The molecule has 112 valence electrons. The molecule has 0 aliphatic carbocycles. The van der Waals surface area contributed by atoms with Crippen molar-refractivity contribution in [3.63, 3.8) is 0 Å². The molecule has 22 heavy (non-hydrogen) atoms. The van der Waals surface area contributed by atoms with Crippen molar-refractivity contribution in [3.05, 3.63) is 64.7 Å². The van der Waals surface area contributed by atoms with Crippen LogP contribution in [0.5, 0.6) is 0 Å². The van der Waals surface area contributed by atoms with Crippen LogP contribution in [0.4, 0.5) is 8.78 Å². The Bertz CT molecular complexity index is 813. The molecular formula is C16H10ClF2NO2. The molecule has 3 nitrogen and oxygen atoms in total. The molecule has 0 amide bonds. The maximum Gasteiger partial charge on any atom is 0.173 e. The molecule has 0 aliphatic rings. The molecule has 0 radical (unpaired) electrons. The van der Waals surface area contributed by atoms with E-state index in [0.717, 1.165) is 0 Å². The SMILES string of the molecule is OCc1c(-c2c(F)cccc2Cl)noc1-c1cccc(F)c1. The highest BCUT2D eigenvalue weighted by Gasteiger charge is 2.22. The van der Waals surface area contributed by atoms with Crippen LogP contribution in [0.1, 0.15) is 5.56 Å². The average molecular weight is 322 g/mol. The van der Waals surface area contributed by atoms with Crippen LogP contribution in [0.15, 0.2) is 47.0 Å². The summed E-state index contributed by atoms with van der Waals surface area (Å²) >= 11 is 6.01. The Balaban J connectivity index is 2.20. The molecule has 3 rings (SSSR count). The van der Waals surface area contributed by atoms with Crippen LogP contribution in [0.2, 0.25) is 5.02 Å². The second-order valence-electron chi connectivity index (χ2n) is 4.60. The van der Waals surface area contributed by atoms with E-state index >= 15 is 0 Å². The zero-order chi connectivity index (χ0) is 15.7. The van der Waals surface area contributed by atoms with Gasteiger partial charge in [-0.15, -0.1) is 0 Å². The van der Waals surface area contributed by atoms with E-state index in [2.05, 4.69) is 5.16 Å². The summed E-state index contributed by atoms with van der Waals surface area (Å²) < 4.78 is 32.6. The van der Waals surface area contributed by atoms with Gasteiger partial charge >= 0.3 is 0 Å². The Morgan fingerprint density at radius 3 is 2.59 bits per heavy atom. The Kier molecular flexibility index (Phi) is 3.92. The first kappa shape index (κ1) is 14.7. The molecule has 0 atom stereocenters. The molecule has 0 saturated heterocycles. The van der Waals surface area contributed by atoms with Crippen molar-refractivity contribution in [2.75, 3.05) is 0 Å². The molecule has 1 heterocycles. The van der Waals surface area contributed by atoms with Crippen LogP contribution in [-0.2, 0) is 6.61 Å². The molecule has 3 aromatic rings. The number of aliphatic hydroxyl groups is 1. The third kappa shape index (κ3) is 2.49. The average Bonchev–Trinajstić information content (AvgIpc) is 2.90. The van der Waals surface area contributed by atoms with Gasteiger partial charge in [0.15, 0.2) is 5.76 Å². The topological polar surface area (TPSA) is 46.3 Å². The van der Waals surface area contributed by atoms with Gasteiger partial charge in [-0.2, -0.15) is 0 Å². The summed E-state index contributed by atoms with van der Waals surface area (Å²) in [7, 11) is 0. The number of nitrogens with zero attached hydrogens (tertiary/aromatic N) is 1. The fourth-order valence-electron chi connectivity index (χ4n) is 2.23. The van der Waals surface area contributed by atoms with Gasteiger partial charge in [0.05, 0.1) is 22.8 Å². The van der Waals surface area contributed by atoms with E-state index in [1.807, 2.05) is 0 Å². The van der Waals surface area contributed by atoms with Gasteiger partial charge in [-0.05, 0) is 24.3 Å². The molecule has 1 N–H and O–H groups in total. The van der Waals surface area contributed by atoms with Gasteiger partial charge < -0.3 is 9.63 Å². The maximum absolute atomic E-state index is 14.0. The van der Waals surface area contributed by atoms with Crippen molar-refractivity contribution in [1.29, 1.82) is 0 Å². The number of aromatic nitrogens is 1. The molecule has 0 fully saturated rings. The van der Waals surface area contributed by atoms with Gasteiger partial charge in [0.25, 0.3) is 0 Å². The van der Waals surface area contributed by atoms with Crippen LogP contribution in [-0.4, -0.2) is 10.3 Å². The summed E-state index contributed by atoms with van der Waals surface area (Å²) in [5.74, 6) is -0.860. The monoisotopic (exact) mass is 321 g/mol. The summed E-state index contributed by atoms with van der Waals surface area (Å²) in [5.41, 5.74) is 0.789. The van der Waals surface area contributed by atoms with E-state index in [1.54, 1.807) is 6.07 Å². The number of halogens is 3. The lowest BCUT2D eigenvalue weighted by Gasteiger charge is -2.04. The van der Waals surface area contributed by atoms with E-state index in [9.17, 15) is 13.9 Å². The van der Waals surface area contributed by atoms with E-state index in [1.165, 1.54) is 36.4 Å². The van der Waals surface area contributed by atoms with Crippen molar-refractivity contribution in [1.82, 2.24) is 5.16 Å². The van der Waals surface area contributed by atoms with Crippen LogP contribution in [0, 0.1) is 11.6 Å². The molecule has 6 heteroatoms. The standard InChI is InChI=1S/C16H10ClF2NO2/c17-12-5-2-6-13(19)14(12)15-11(8-21)16(22-20-15)9-3-1-4-10(18)7-9/h1-7,21H,8H2. The zero-order valence-electron chi connectivity index (χ0n) is 11.2. The van der Waals surface area contributed by atoms with Crippen molar-refractivity contribution < 1.29 is 18.4 Å². The van der Waals surface area contributed by atoms with Crippen LogP contribution in [0.25, 0.3) is 22.6 Å². The minimum Gasteiger partial charge on any atom is -0.391 e. The number of rotatable bonds is 3. The number of benzene rings is 2. The van der Waals surface area contributed by atoms with Crippen molar-refractivity contribution in [3.8, 4) is 22.6 Å². The van der Waals surface area contributed by atoms with E-state index in [0.29, 0.717) is 5.56 Å². The normalized spacial score (nSPS) is 10.9. The summed E-state index contributed by atoms with van der Waals surface area (Å²) in [6, 6.07) is 9.85. The van der Waals surface area contributed by atoms with Crippen molar-refractivity contribution >= 4 is 11.6 Å². The van der Waals surface area contributed by atoms with Gasteiger partial charge in [-0.1, -0.05) is 35.0 Å². The van der Waals surface area contributed by atoms with Gasteiger partial charge in [-0.25, -0.2) is 8.78 Å². The first-order valence-corrected chi connectivity index (χ1v) is 6.79. The maximum atomic E-state index is 14.0. The summed E-state index contributed by atoms with van der Waals surface area (Å²) in [6.07, 6.45) is 0. The van der Waals surface area contributed by atoms with Crippen LogP contribution < -0.4 is 0 Å². The minimum atomic E-state index is -0.582. The lowest BCUT2D eigenvalue weighted by molar-refractivity contribution is 0.281. The molecule has 2 aromatic carbocycles. The zero-order valence-corrected chi connectivity index (χ0v) is 11.9. The highest BCUT2D eigenvalue weighted by molar-refractivity contribution is 6.33. The Labute approximate surface area is 129 Å². The van der Waals surface area contributed by atoms with E-state index < -0.39 is 18.2 Å². The molecule has 1 aromatic heterocycles. The quantitative estimate of drug-likeness (QED) is 0.776. The summed E-state index contributed by atoms with van der Waals surface area (Å²) in [5, 5.41) is 13.6. The highest BCUT2D eigenvalue weighted by Crippen LogP contribution is 2.37. The lowest BCUT2D eigenvalue weighted by atomic mass is 10.0.